The molecule has 1 rings (SSSR count). The van der Waals surface area contributed by atoms with Crippen molar-refractivity contribution in [2.75, 3.05) is 6.61 Å². The van der Waals surface area contributed by atoms with Crippen molar-refractivity contribution in [2.45, 2.75) is 26.7 Å². The van der Waals surface area contributed by atoms with Gasteiger partial charge in [-0.05, 0) is 42.1 Å². The van der Waals surface area contributed by atoms with E-state index >= 15 is 0 Å². The molecule has 0 spiro atoms. The lowest BCUT2D eigenvalue weighted by molar-refractivity contribution is -0.113. The van der Waals surface area contributed by atoms with E-state index in [1.165, 1.54) is 0 Å². The van der Waals surface area contributed by atoms with Crippen molar-refractivity contribution in [3.05, 3.63) is 29.8 Å². The normalized spacial score (nSPS) is 12.6. The van der Waals surface area contributed by atoms with Gasteiger partial charge in [-0.2, -0.15) is 0 Å². The molecule has 0 aromatic heterocycles. The summed E-state index contributed by atoms with van der Waals surface area (Å²) in [5.41, 5.74) is 0.918. The summed E-state index contributed by atoms with van der Waals surface area (Å²) in [4.78, 5) is 11.4. The van der Waals surface area contributed by atoms with Crippen LogP contribution in [0.5, 0.6) is 5.75 Å². The minimum Gasteiger partial charge on any atom is -0.494 e. The largest absolute Gasteiger partial charge is 0.494 e. The first-order valence-electron chi connectivity index (χ1n) is 5.48. The second-order valence-corrected chi connectivity index (χ2v) is 4.40. The molecular weight excluding hydrogens is 224 g/mol. The molecule has 2 nitrogen and oxygen atoms in total. The Hall–Kier alpha value is -1.02. The first kappa shape index (κ1) is 13.0. The summed E-state index contributed by atoms with van der Waals surface area (Å²) < 4.78 is 5.40. The van der Waals surface area contributed by atoms with Crippen molar-refractivity contribution in [2.24, 2.45) is 5.92 Å². The van der Waals surface area contributed by atoms with Crippen LogP contribution in [0.4, 0.5) is 0 Å². The van der Waals surface area contributed by atoms with Crippen molar-refractivity contribution in [3.8, 4) is 5.75 Å². The molecule has 0 aliphatic heterocycles. The summed E-state index contributed by atoms with van der Waals surface area (Å²) in [5, 5.41) is -0.316. The second-order valence-electron chi connectivity index (χ2n) is 4.03. The van der Waals surface area contributed by atoms with Crippen LogP contribution < -0.4 is 4.74 Å². The Morgan fingerprint density at radius 2 is 2.12 bits per heavy atom. The molecular formula is C13H17ClO2. The molecule has 16 heavy (non-hydrogen) atoms. The summed E-state index contributed by atoms with van der Waals surface area (Å²) >= 11 is 5.62. The third kappa shape index (κ3) is 3.24. The Balaban J connectivity index is 3.00. The quantitative estimate of drug-likeness (QED) is 0.736. The highest BCUT2D eigenvalue weighted by atomic mass is 35.5. The molecule has 1 aromatic rings. The lowest BCUT2D eigenvalue weighted by Crippen LogP contribution is -2.13. The zero-order valence-electron chi connectivity index (χ0n) is 9.87. The Morgan fingerprint density at radius 3 is 2.62 bits per heavy atom. The minimum atomic E-state index is -0.316. The number of rotatable bonds is 5. The molecule has 3 heteroatoms. The number of carbonyl (C=O) groups excluding carboxylic acids is 1. The van der Waals surface area contributed by atoms with Gasteiger partial charge in [-0.15, -0.1) is 0 Å². The monoisotopic (exact) mass is 240 g/mol. The van der Waals surface area contributed by atoms with Crippen molar-refractivity contribution >= 4 is 16.8 Å². The number of benzene rings is 1. The highest BCUT2D eigenvalue weighted by Gasteiger charge is 2.22. The van der Waals surface area contributed by atoms with Crippen LogP contribution in [0.1, 0.15) is 32.3 Å². The van der Waals surface area contributed by atoms with Gasteiger partial charge in [0.25, 0.3) is 0 Å². The maximum atomic E-state index is 11.4. The van der Waals surface area contributed by atoms with Crippen LogP contribution in [0.3, 0.4) is 0 Å². The molecule has 0 N–H and O–H groups in total. The SMILES string of the molecule is CCOc1cccc(C(C(=O)Cl)C(C)C)c1. The van der Waals surface area contributed by atoms with E-state index in [2.05, 4.69) is 0 Å². The number of ether oxygens (including phenoxy) is 1. The predicted octanol–water partition coefficient (Wildman–Crippen LogP) is 3.59. The third-order valence-electron chi connectivity index (χ3n) is 2.44. The average molecular weight is 241 g/mol. The zero-order valence-corrected chi connectivity index (χ0v) is 10.6. The van der Waals surface area contributed by atoms with Crippen molar-refractivity contribution in [1.82, 2.24) is 0 Å². The summed E-state index contributed by atoms with van der Waals surface area (Å²) in [7, 11) is 0. The maximum absolute atomic E-state index is 11.4. The molecule has 0 saturated carbocycles. The van der Waals surface area contributed by atoms with E-state index < -0.39 is 0 Å². The van der Waals surface area contributed by atoms with Gasteiger partial charge in [-0.3, -0.25) is 4.79 Å². The van der Waals surface area contributed by atoms with E-state index in [0.29, 0.717) is 6.61 Å². The fourth-order valence-electron chi connectivity index (χ4n) is 1.74. The molecule has 0 radical (unpaired) electrons. The fraction of sp³-hybridized carbons (Fsp3) is 0.462. The Labute approximate surface area is 102 Å². The van der Waals surface area contributed by atoms with E-state index in [0.717, 1.165) is 11.3 Å². The molecule has 0 saturated heterocycles. The molecule has 0 aliphatic rings. The summed E-state index contributed by atoms with van der Waals surface area (Å²) in [6, 6.07) is 7.56. The van der Waals surface area contributed by atoms with Gasteiger partial charge < -0.3 is 4.74 Å². The topological polar surface area (TPSA) is 26.3 Å². The van der Waals surface area contributed by atoms with Crippen LogP contribution in [0.15, 0.2) is 24.3 Å². The fourth-order valence-corrected chi connectivity index (χ4v) is 2.12. The van der Waals surface area contributed by atoms with E-state index in [1.807, 2.05) is 45.0 Å². The van der Waals surface area contributed by atoms with Gasteiger partial charge in [0.15, 0.2) is 0 Å². The van der Waals surface area contributed by atoms with Crippen LogP contribution in [-0.4, -0.2) is 11.8 Å². The van der Waals surface area contributed by atoms with Crippen LogP contribution in [-0.2, 0) is 4.79 Å². The molecule has 0 aliphatic carbocycles. The molecule has 1 aromatic carbocycles. The Morgan fingerprint density at radius 1 is 1.44 bits per heavy atom. The molecule has 0 heterocycles. The lowest BCUT2D eigenvalue weighted by atomic mass is 9.89. The van der Waals surface area contributed by atoms with Gasteiger partial charge in [-0.1, -0.05) is 26.0 Å². The van der Waals surface area contributed by atoms with Crippen LogP contribution >= 0.6 is 11.6 Å². The highest BCUT2D eigenvalue weighted by Crippen LogP contribution is 2.29. The van der Waals surface area contributed by atoms with E-state index in [1.54, 1.807) is 0 Å². The maximum Gasteiger partial charge on any atom is 0.229 e. The minimum absolute atomic E-state index is 0.182. The predicted molar refractivity (Wildman–Crippen MR) is 66.1 cm³/mol. The smallest absolute Gasteiger partial charge is 0.229 e. The van der Waals surface area contributed by atoms with Crippen LogP contribution in [0, 0.1) is 5.92 Å². The van der Waals surface area contributed by atoms with Crippen molar-refractivity contribution < 1.29 is 9.53 Å². The highest BCUT2D eigenvalue weighted by molar-refractivity contribution is 6.64. The van der Waals surface area contributed by atoms with Crippen LogP contribution in [0.25, 0.3) is 0 Å². The van der Waals surface area contributed by atoms with Gasteiger partial charge in [0.1, 0.15) is 5.75 Å². The zero-order chi connectivity index (χ0) is 12.1. The standard InChI is InChI=1S/C13H17ClO2/c1-4-16-11-7-5-6-10(8-11)12(9(2)3)13(14)15/h5-9,12H,4H2,1-3H3. The van der Waals surface area contributed by atoms with Gasteiger partial charge in [0, 0.05) is 0 Å². The molecule has 1 atom stereocenters. The number of carbonyl (C=O) groups is 1. The molecule has 0 fully saturated rings. The van der Waals surface area contributed by atoms with Crippen molar-refractivity contribution in [1.29, 1.82) is 0 Å². The van der Waals surface area contributed by atoms with Crippen LogP contribution in [0.2, 0.25) is 0 Å². The first-order chi connectivity index (χ1) is 7.56. The van der Waals surface area contributed by atoms with Gasteiger partial charge >= 0.3 is 0 Å². The van der Waals surface area contributed by atoms with Gasteiger partial charge in [0.05, 0.1) is 12.5 Å². The van der Waals surface area contributed by atoms with E-state index in [-0.39, 0.29) is 17.1 Å². The first-order valence-corrected chi connectivity index (χ1v) is 5.86. The van der Waals surface area contributed by atoms with E-state index in [4.69, 9.17) is 16.3 Å². The number of hydrogen-bond acceptors (Lipinski definition) is 2. The van der Waals surface area contributed by atoms with Gasteiger partial charge in [0.2, 0.25) is 5.24 Å². The summed E-state index contributed by atoms with van der Waals surface area (Å²) in [5.74, 6) is 0.701. The molecule has 0 bridgehead atoms. The lowest BCUT2D eigenvalue weighted by Gasteiger charge is -2.17. The number of halogens is 1. The summed E-state index contributed by atoms with van der Waals surface area (Å²) in [6.07, 6.45) is 0. The van der Waals surface area contributed by atoms with Gasteiger partial charge in [-0.25, -0.2) is 0 Å². The Bertz CT molecular complexity index is 361. The second kappa shape index (κ2) is 5.90. The van der Waals surface area contributed by atoms with Crippen molar-refractivity contribution in [3.63, 3.8) is 0 Å². The number of hydrogen-bond donors (Lipinski definition) is 0. The molecule has 88 valence electrons. The molecule has 1 unspecified atom stereocenters. The average Bonchev–Trinajstić information content (AvgIpc) is 2.17. The molecule has 0 amide bonds. The summed E-state index contributed by atoms with van der Waals surface area (Å²) in [6.45, 7) is 6.51. The Kier molecular flexibility index (Phi) is 4.81. The van der Waals surface area contributed by atoms with E-state index in [9.17, 15) is 4.79 Å². The third-order valence-corrected chi connectivity index (χ3v) is 2.67.